The van der Waals surface area contributed by atoms with Crippen molar-refractivity contribution >= 4 is 5.82 Å². The van der Waals surface area contributed by atoms with Crippen LogP contribution in [0.2, 0.25) is 0 Å². The van der Waals surface area contributed by atoms with E-state index in [4.69, 9.17) is 9.47 Å². The van der Waals surface area contributed by atoms with Crippen LogP contribution < -0.4 is 9.47 Å². The number of nitrogens with zero attached hydrogens (tertiary/aromatic N) is 5. The van der Waals surface area contributed by atoms with Crippen LogP contribution in [0.4, 0.5) is 14.6 Å². The zero-order chi connectivity index (χ0) is 21.1. The number of alkyl halides is 2. The molecular weight excluding hydrogens is 404 g/mol. The topological polar surface area (TPSA) is 114 Å². The zero-order valence-electron chi connectivity index (χ0n) is 15.4. The third kappa shape index (κ3) is 4.49. The molecule has 0 aliphatic carbocycles. The Morgan fingerprint density at radius 1 is 1.27 bits per heavy atom. The van der Waals surface area contributed by atoms with Gasteiger partial charge in [0, 0.05) is 28.5 Å². The van der Waals surface area contributed by atoms with Gasteiger partial charge in [0.2, 0.25) is 0 Å². The Kier molecular flexibility index (Phi) is 5.48. The normalized spacial score (nSPS) is 15.5. The molecule has 10 nitrogen and oxygen atoms in total. The minimum absolute atomic E-state index is 0.0554. The Bertz CT molecular complexity index is 1030. The fourth-order valence-corrected chi connectivity index (χ4v) is 2.84. The minimum Gasteiger partial charge on any atom is -0.443 e. The summed E-state index contributed by atoms with van der Waals surface area (Å²) in [4.78, 5) is 22.5. The molecule has 0 radical (unpaired) electrons. The van der Waals surface area contributed by atoms with Crippen molar-refractivity contribution in [3.63, 3.8) is 0 Å². The molecule has 156 valence electrons. The number of halogens is 2. The Labute approximate surface area is 168 Å². The molecule has 1 atom stereocenters. The van der Waals surface area contributed by atoms with Gasteiger partial charge in [-0.25, -0.2) is 9.97 Å². The number of ether oxygens (including phenoxy) is 3. The van der Waals surface area contributed by atoms with Crippen LogP contribution in [-0.4, -0.2) is 43.8 Å². The van der Waals surface area contributed by atoms with Gasteiger partial charge in [0.25, 0.3) is 0 Å². The standard InChI is InChI=1S/C18H15F2N5O5/c19-17(20)30-13-3-1-12(2-4-13)16-21-5-11(6-22-16)9-28-14-7-24-8-15(25(26)27)23-18(24)29-10-14/h1-6,8,14,17H,7,9-10H2/t14-/m0/s1. The third-order valence-electron chi connectivity index (χ3n) is 4.24. The van der Waals surface area contributed by atoms with Gasteiger partial charge >= 0.3 is 18.4 Å². The highest BCUT2D eigenvalue weighted by molar-refractivity contribution is 5.55. The Hall–Kier alpha value is -3.67. The maximum Gasteiger partial charge on any atom is 0.414 e. The van der Waals surface area contributed by atoms with E-state index in [0.717, 1.165) is 5.56 Å². The number of nitro groups is 1. The van der Waals surface area contributed by atoms with Crippen LogP contribution in [0.1, 0.15) is 5.56 Å². The Morgan fingerprint density at radius 2 is 2.00 bits per heavy atom. The summed E-state index contributed by atoms with van der Waals surface area (Å²) >= 11 is 0. The van der Waals surface area contributed by atoms with Crippen molar-refractivity contribution in [2.75, 3.05) is 6.61 Å². The first kappa shape index (κ1) is 19.6. The zero-order valence-corrected chi connectivity index (χ0v) is 15.4. The highest BCUT2D eigenvalue weighted by Gasteiger charge is 2.28. The van der Waals surface area contributed by atoms with Crippen molar-refractivity contribution in [1.82, 2.24) is 19.5 Å². The van der Waals surface area contributed by atoms with Crippen molar-refractivity contribution in [2.24, 2.45) is 0 Å². The van der Waals surface area contributed by atoms with E-state index >= 15 is 0 Å². The second-order valence-corrected chi connectivity index (χ2v) is 6.35. The average Bonchev–Trinajstić information content (AvgIpc) is 3.17. The van der Waals surface area contributed by atoms with Gasteiger partial charge in [0.05, 0.1) is 13.2 Å². The number of hydrogen-bond donors (Lipinski definition) is 0. The van der Waals surface area contributed by atoms with Gasteiger partial charge < -0.3 is 24.3 Å². The van der Waals surface area contributed by atoms with Gasteiger partial charge in [-0.3, -0.25) is 4.57 Å². The first-order chi connectivity index (χ1) is 14.5. The summed E-state index contributed by atoms with van der Waals surface area (Å²) < 4.78 is 41.4. The summed E-state index contributed by atoms with van der Waals surface area (Å²) in [6.45, 7) is -2.05. The van der Waals surface area contributed by atoms with Gasteiger partial charge in [-0.2, -0.15) is 8.78 Å². The molecule has 0 saturated carbocycles. The fraction of sp³-hybridized carbons (Fsp3) is 0.278. The van der Waals surface area contributed by atoms with E-state index in [1.807, 2.05) is 0 Å². The third-order valence-corrected chi connectivity index (χ3v) is 4.24. The first-order valence-corrected chi connectivity index (χ1v) is 8.80. The van der Waals surface area contributed by atoms with Crippen molar-refractivity contribution in [3.05, 3.63) is 58.5 Å². The molecule has 0 unspecified atom stereocenters. The summed E-state index contributed by atoms with van der Waals surface area (Å²) in [5.41, 5.74) is 1.37. The summed E-state index contributed by atoms with van der Waals surface area (Å²) in [5.74, 6) is 0.210. The molecule has 1 aromatic carbocycles. The van der Waals surface area contributed by atoms with Gasteiger partial charge in [0.1, 0.15) is 24.7 Å². The lowest BCUT2D eigenvalue weighted by molar-refractivity contribution is -0.389. The van der Waals surface area contributed by atoms with E-state index in [-0.39, 0.29) is 36.9 Å². The number of fused-ring (bicyclic) bond motifs is 1. The average molecular weight is 419 g/mol. The maximum atomic E-state index is 12.2. The molecule has 0 fully saturated rings. The minimum atomic E-state index is -2.88. The SMILES string of the molecule is O=[N+]([O-])c1cn2c(n1)OC[C@@H](OCc1cnc(-c3ccc(OC(F)F)cc3)nc1)C2. The summed E-state index contributed by atoms with van der Waals surface area (Å²) in [6, 6.07) is 6.20. The smallest absolute Gasteiger partial charge is 0.414 e. The van der Waals surface area contributed by atoms with Crippen LogP contribution in [0, 0.1) is 10.1 Å². The van der Waals surface area contributed by atoms with Crippen molar-refractivity contribution in [3.8, 4) is 23.1 Å². The monoisotopic (exact) mass is 419 g/mol. The van der Waals surface area contributed by atoms with Crippen molar-refractivity contribution in [1.29, 1.82) is 0 Å². The van der Waals surface area contributed by atoms with Crippen LogP contribution in [0.3, 0.4) is 0 Å². The van der Waals surface area contributed by atoms with Gasteiger partial charge in [-0.05, 0) is 29.2 Å². The highest BCUT2D eigenvalue weighted by Crippen LogP contribution is 2.23. The van der Waals surface area contributed by atoms with E-state index in [0.29, 0.717) is 17.9 Å². The number of benzene rings is 1. The lowest BCUT2D eigenvalue weighted by Gasteiger charge is -2.22. The number of aromatic nitrogens is 4. The highest BCUT2D eigenvalue weighted by atomic mass is 19.3. The van der Waals surface area contributed by atoms with Crippen LogP contribution in [-0.2, 0) is 17.9 Å². The second-order valence-electron chi connectivity index (χ2n) is 6.35. The van der Waals surface area contributed by atoms with Crippen LogP contribution in [0.25, 0.3) is 11.4 Å². The quantitative estimate of drug-likeness (QED) is 0.424. The van der Waals surface area contributed by atoms with Crippen molar-refractivity contribution < 1.29 is 27.9 Å². The van der Waals surface area contributed by atoms with Crippen LogP contribution in [0.15, 0.2) is 42.9 Å². The number of imidazole rings is 1. The molecule has 3 heterocycles. The molecule has 0 saturated heterocycles. The van der Waals surface area contributed by atoms with Gasteiger partial charge in [-0.1, -0.05) is 0 Å². The van der Waals surface area contributed by atoms with E-state index in [1.165, 1.54) is 22.9 Å². The molecule has 3 aromatic rings. The van der Waals surface area contributed by atoms with E-state index in [2.05, 4.69) is 19.7 Å². The largest absolute Gasteiger partial charge is 0.443 e. The molecule has 0 amide bonds. The lowest BCUT2D eigenvalue weighted by Crippen LogP contribution is -2.32. The molecule has 4 rings (SSSR count). The molecule has 12 heteroatoms. The molecule has 2 aromatic heterocycles. The lowest BCUT2D eigenvalue weighted by atomic mass is 10.2. The van der Waals surface area contributed by atoms with Gasteiger partial charge in [-0.15, -0.1) is 0 Å². The predicted octanol–water partition coefficient (Wildman–Crippen LogP) is 2.83. The first-order valence-electron chi connectivity index (χ1n) is 8.80. The predicted molar refractivity (Wildman–Crippen MR) is 97.1 cm³/mol. The molecular formula is C18H15F2N5O5. The van der Waals surface area contributed by atoms with Gasteiger partial charge in [0.15, 0.2) is 5.82 Å². The number of rotatable bonds is 7. The van der Waals surface area contributed by atoms with E-state index in [9.17, 15) is 18.9 Å². The summed E-state index contributed by atoms with van der Waals surface area (Å²) in [5, 5.41) is 10.8. The summed E-state index contributed by atoms with van der Waals surface area (Å²) in [7, 11) is 0. The molecule has 1 aliphatic heterocycles. The van der Waals surface area contributed by atoms with Crippen molar-refractivity contribution in [2.45, 2.75) is 25.9 Å². The molecule has 0 spiro atoms. The van der Waals surface area contributed by atoms with Crippen LogP contribution in [0.5, 0.6) is 11.8 Å². The Balaban J connectivity index is 1.33. The molecule has 0 bridgehead atoms. The van der Waals surface area contributed by atoms with E-state index < -0.39 is 11.5 Å². The number of hydrogen-bond acceptors (Lipinski definition) is 8. The molecule has 30 heavy (non-hydrogen) atoms. The van der Waals surface area contributed by atoms with E-state index in [1.54, 1.807) is 24.5 Å². The van der Waals surface area contributed by atoms with Crippen LogP contribution >= 0.6 is 0 Å². The second kappa shape index (κ2) is 8.37. The molecule has 1 aliphatic rings. The Morgan fingerprint density at radius 3 is 2.67 bits per heavy atom. The summed E-state index contributed by atoms with van der Waals surface area (Å²) in [6.07, 6.45) is 4.19. The molecule has 0 N–H and O–H groups in total. The maximum absolute atomic E-state index is 12.2. The fourth-order valence-electron chi connectivity index (χ4n) is 2.84.